The average Bonchev–Trinajstić information content (AvgIpc) is 2.43. The maximum absolute atomic E-state index is 11.8. The van der Waals surface area contributed by atoms with Crippen molar-refractivity contribution in [3.63, 3.8) is 0 Å². The average molecular weight is 278 g/mol. The number of ether oxygens (including phenoxy) is 2. The normalized spacial score (nSPS) is 18.6. The number of hydrogen-bond acceptors (Lipinski definition) is 4. The molecule has 2 N–H and O–H groups in total. The Morgan fingerprint density at radius 3 is 2.80 bits per heavy atom. The Kier molecular flexibility index (Phi) is 5.38. The third-order valence-electron chi connectivity index (χ3n) is 3.10. The molecule has 1 aromatic rings. The standard InChI is InChI=1S/C15H22N2O3/c1-11-7-12(2)9-13(8-11)20-6-4-17-15(18)14-10-19-5-3-16-14/h7-9,14,16H,3-6,10H2,1-2H3,(H,17,18). The van der Waals surface area contributed by atoms with E-state index in [1.165, 1.54) is 11.1 Å². The highest BCUT2D eigenvalue weighted by molar-refractivity contribution is 5.81. The second kappa shape index (κ2) is 7.26. The number of amides is 1. The Balaban J connectivity index is 1.69. The summed E-state index contributed by atoms with van der Waals surface area (Å²) in [6.45, 7) is 6.85. The Hall–Kier alpha value is -1.59. The van der Waals surface area contributed by atoms with Gasteiger partial charge < -0.3 is 20.1 Å². The zero-order valence-corrected chi connectivity index (χ0v) is 12.1. The molecule has 110 valence electrons. The molecule has 1 saturated heterocycles. The van der Waals surface area contributed by atoms with Gasteiger partial charge in [0.15, 0.2) is 0 Å². The highest BCUT2D eigenvalue weighted by atomic mass is 16.5. The van der Waals surface area contributed by atoms with Crippen LogP contribution in [0.1, 0.15) is 11.1 Å². The zero-order valence-electron chi connectivity index (χ0n) is 12.1. The van der Waals surface area contributed by atoms with E-state index in [9.17, 15) is 4.79 Å². The van der Waals surface area contributed by atoms with Gasteiger partial charge in [-0.05, 0) is 37.1 Å². The van der Waals surface area contributed by atoms with E-state index in [0.717, 1.165) is 12.3 Å². The second-order valence-corrected chi connectivity index (χ2v) is 5.04. The molecule has 5 heteroatoms. The van der Waals surface area contributed by atoms with Crippen molar-refractivity contribution in [2.24, 2.45) is 0 Å². The van der Waals surface area contributed by atoms with Crippen molar-refractivity contribution in [3.8, 4) is 5.75 Å². The van der Waals surface area contributed by atoms with E-state index in [-0.39, 0.29) is 11.9 Å². The lowest BCUT2D eigenvalue weighted by Gasteiger charge is -2.22. The summed E-state index contributed by atoms with van der Waals surface area (Å²) in [6, 6.07) is 5.84. The maximum atomic E-state index is 11.8. The van der Waals surface area contributed by atoms with E-state index >= 15 is 0 Å². The number of aryl methyl sites for hydroxylation is 2. The van der Waals surface area contributed by atoms with Crippen LogP contribution in [0.15, 0.2) is 18.2 Å². The minimum Gasteiger partial charge on any atom is -0.492 e. The van der Waals surface area contributed by atoms with Crippen molar-refractivity contribution in [1.82, 2.24) is 10.6 Å². The molecule has 20 heavy (non-hydrogen) atoms. The molecule has 0 aliphatic carbocycles. The lowest BCUT2D eigenvalue weighted by molar-refractivity contribution is -0.126. The highest BCUT2D eigenvalue weighted by Crippen LogP contribution is 2.15. The van der Waals surface area contributed by atoms with Crippen LogP contribution in [0.4, 0.5) is 0 Å². The van der Waals surface area contributed by atoms with Crippen molar-refractivity contribution < 1.29 is 14.3 Å². The molecule has 1 amide bonds. The van der Waals surface area contributed by atoms with Crippen molar-refractivity contribution in [1.29, 1.82) is 0 Å². The quantitative estimate of drug-likeness (QED) is 0.782. The first-order valence-corrected chi connectivity index (χ1v) is 6.95. The number of nitrogens with one attached hydrogen (secondary N) is 2. The molecule has 1 atom stereocenters. The van der Waals surface area contributed by atoms with Crippen LogP contribution in [-0.2, 0) is 9.53 Å². The molecule has 0 bridgehead atoms. The molecule has 0 aromatic heterocycles. The summed E-state index contributed by atoms with van der Waals surface area (Å²) < 4.78 is 10.9. The zero-order chi connectivity index (χ0) is 14.4. The van der Waals surface area contributed by atoms with Crippen molar-refractivity contribution in [3.05, 3.63) is 29.3 Å². The number of hydrogen-bond donors (Lipinski definition) is 2. The number of carbonyl (C=O) groups is 1. The summed E-state index contributed by atoms with van der Waals surface area (Å²) in [4.78, 5) is 11.8. The van der Waals surface area contributed by atoms with Gasteiger partial charge in [-0.3, -0.25) is 4.79 Å². The van der Waals surface area contributed by atoms with Crippen LogP contribution in [-0.4, -0.2) is 44.9 Å². The van der Waals surface area contributed by atoms with Gasteiger partial charge in [-0.2, -0.15) is 0 Å². The fourth-order valence-corrected chi connectivity index (χ4v) is 2.22. The number of benzene rings is 1. The van der Waals surface area contributed by atoms with E-state index in [4.69, 9.17) is 9.47 Å². The van der Waals surface area contributed by atoms with Gasteiger partial charge >= 0.3 is 0 Å². The predicted molar refractivity (Wildman–Crippen MR) is 77.0 cm³/mol. The van der Waals surface area contributed by atoms with Gasteiger partial charge in [-0.1, -0.05) is 6.07 Å². The third-order valence-corrected chi connectivity index (χ3v) is 3.10. The summed E-state index contributed by atoms with van der Waals surface area (Å²) in [5.41, 5.74) is 2.35. The van der Waals surface area contributed by atoms with Crippen LogP contribution in [0.3, 0.4) is 0 Å². The largest absolute Gasteiger partial charge is 0.492 e. The Labute approximate surface area is 119 Å². The van der Waals surface area contributed by atoms with Crippen molar-refractivity contribution >= 4 is 5.91 Å². The molecule has 1 unspecified atom stereocenters. The monoisotopic (exact) mass is 278 g/mol. The molecule has 2 rings (SSSR count). The smallest absolute Gasteiger partial charge is 0.239 e. The van der Waals surface area contributed by atoms with Gasteiger partial charge in [0.05, 0.1) is 19.8 Å². The van der Waals surface area contributed by atoms with Gasteiger partial charge in [0.25, 0.3) is 0 Å². The van der Waals surface area contributed by atoms with E-state index in [1.807, 2.05) is 26.0 Å². The minimum atomic E-state index is -0.245. The number of morpholine rings is 1. The van der Waals surface area contributed by atoms with Crippen molar-refractivity contribution in [2.45, 2.75) is 19.9 Å². The SMILES string of the molecule is Cc1cc(C)cc(OCCNC(=O)C2COCCN2)c1. The molecule has 1 fully saturated rings. The summed E-state index contributed by atoms with van der Waals surface area (Å²) in [6.07, 6.45) is 0. The Morgan fingerprint density at radius 2 is 2.15 bits per heavy atom. The Morgan fingerprint density at radius 1 is 1.40 bits per heavy atom. The summed E-state index contributed by atoms with van der Waals surface area (Å²) >= 11 is 0. The Bertz CT molecular complexity index is 436. The van der Waals surface area contributed by atoms with Crippen LogP contribution in [0, 0.1) is 13.8 Å². The molecule has 1 aromatic carbocycles. The van der Waals surface area contributed by atoms with Gasteiger partial charge in [0, 0.05) is 6.54 Å². The van der Waals surface area contributed by atoms with Crippen LogP contribution in [0.25, 0.3) is 0 Å². The van der Waals surface area contributed by atoms with Gasteiger partial charge in [0.2, 0.25) is 5.91 Å². The van der Waals surface area contributed by atoms with Crippen LogP contribution in [0.5, 0.6) is 5.75 Å². The fraction of sp³-hybridized carbons (Fsp3) is 0.533. The van der Waals surface area contributed by atoms with Gasteiger partial charge in [0.1, 0.15) is 18.4 Å². The molecule has 0 saturated carbocycles. The molecular weight excluding hydrogens is 256 g/mol. The van der Waals surface area contributed by atoms with Crippen LogP contribution >= 0.6 is 0 Å². The number of carbonyl (C=O) groups excluding carboxylic acids is 1. The predicted octanol–water partition coefficient (Wildman–Crippen LogP) is 0.787. The maximum Gasteiger partial charge on any atom is 0.239 e. The molecule has 0 spiro atoms. The fourth-order valence-electron chi connectivity index (χ4n) is 2.22. The number of rotatable bonds is 5. The molecular formula is C15H22N2O3. The topological polar surface area (TPSA) is 59.6 Å². The van der Waals surface area contributed by atoms with Gasteiger partial charge in [-0.25, -0.2) is 0 Å². The van der Waals surface area contributed by atoms with E-state index in [0.29, 0.717) is 26.4 Å². The molecule has 5 nitrogen and oxygen atoms in total. The van der Waals surface area contributed by atoms with Gasteiger partial charge in [-0.15, -0.1) is 0 Å². The van der Waals surface area contributed by atoms with Crippen LogP contribution in [0.2, 0.25) is 0 Å². The highest BCUT2D eigenvalue weighted by Gasteiger charge is 2.20. The third kappa shape index (κ3) is 4.51. The lowest BCUT2D eigenvalue weighted by Crippen LogP contribution is -2.51. The first kappa shape index (κ1) is 14.8. The molecule has 0 radical (unpaired) electrons. The second-order valence-electron chi connectivity index (χ2n) is 5.04. The van der Waals surface area contributed by atoms with Crippen LogP contribution < -0.4 is 15.4 Å². The van der Waals surface area contributed by atoms with E-state index in [2.05, 4.69) is 16.7 Å². The molecule has 1 heterocycles. The summed E-state index contributed by atoms with van der Waals surface area (Å²) in [7, 11) is 0. The van der Waals surface area contributed by atoms with Crippen molar-refractivity contribution in [2.75, 3.05) is 32.9 Å². The summed E-state index contributed by atoms with van der Waals surface area (Å²) in [5.74, 6) is 0.810. The minimum absolute atomic E-state index is 0.0336. The van der Waals surface area contributed by atoms with E-state index in [1.54, 1.807) is 0 Å². The van der Waals surface area contributed by atoms with E-state index < -0.39 is 0 Å². The summed E-state index contributed by atoms with van der Waals surface area (Å²) in [5, 5.41) is 5.96. The first-order chi connectivity index (χ1) is 9.65. The molecule has 1 aliphatic heterocycles. The first-order valence-electron chi connectivity index (χ1n) is 6.95. The lowest BCUT2D eigenvalue weighted by atomic mass is 10.1. The molecule has 1 aliphatic rings.